The average Bonchev–Trinajstić information content (AvgIpc) is 1.90. The van der Waals surface area contributed by atoms with Crippen molar-refractivity contribution < 1.29 is 10.2 Å². The van der Waals surface area contributed by atoms with Gasteiger partial charge >= 0.3 is 0 Å². The third-order valence-electron chi connectivity index (χ3n) is 1.77. The van der Waals surface area contributed by atoms with E-state index < -0.39 is 5.95 Å². The molecule has 1 rings (SSSR count). The predicted octanol–water partition coefficient (Wildman–Crippen LogP) is 2.28. The van der Waals surface area contributed by atoms with Crippen LogP contribution < -0.4 is 0 Å². The monoisotopic (exact) mass is 128 g/mol. The van der Waals surface area contributed by atoms with E-state index in [9.17, 15) is 0 Å². The maximum absolute atomic E-state index is 8.61. The molecule has 2 nitrogen and oxygen atoms in total. The van der Waals surface area contributed by atoms with Gasteiger partial charge in [-0.3, -0.25) is 0 Å². The van der Waals surface area contributed by atoms with Crippen LogP contribution >= 0.6 is 0 Å². The van der Waals surface area contributed by atoms with Gasteiger partial charge in [0.1, 0.15) is 0 Å². The van der Waals surface area contributed by atoms with E-state index >= 15 is 0 Å². The molecule has 52 valence electrons. The molecule has 2 N–H and O–H groups in total. The standard InChI is InChI=1S/C7H12O2/c8-7(9)6-4-2-1-3-5-6/h8-9H,1-5H2. The van der Waals surface area contributed by atoms with Crippen LogP contribution in [0.1, 0.15) is 32.1 Å². The summed E-state index contributed by atoms with van der Waals surface area (Å²) in [7, 11) is 0. The highest BCUT2D eigenvalue weighted by molar-refractivity contribution is 5.03. The molecule has 1 fully saturated rings. The van der Waals surface area contributed by atoms with Crippen molar-refractivity contribution in [2.24, 2.45) is 0 Å². The highest BCUT2D eigenvalue weighted by Crippen LogP contribution is 2.23. The summed E-state index contributed by atoms with van der Waals surface area (Å²) in [5.41, 5.74) is 0.834. The third kappa shape index (κ3) is 1.63. The summed E-state index contributed by atoms with van der Waals surface area (Å²) in [6.07, 6.45) is 5.21. The Morgan fingerprint density at radius 2 is 1.56 bits per heavy atom. The molecule has 9 heavy (non-hydrogen) atoms. The maximum atomic E-state index is 8.61. The Bertz CT molecular complexity index is 115. The van der Waals surface area contributed by atoms with Crippen molar-refractivity contribution in [2.45, 2.75) is 32.1 Å². The van der Waals surface area contributed by atoms with Crippen LogP contribution in [0, 0.1) is 0 Å². The lowest BCUT2D eigenvalue weighted by Gasteiger charge is -2.11. The Balaban J connectivity index is 2.49. The molecule has 0 unspecified atom stereocenters. The molecule has 1 aliphatic rings. The molecule has 0 aromatic heterocycles. The lowest BCUT2D eigenvalue weighted by Crippen LogP contribution is -1.97. The molecule has 0 saturated heterocycles. The fourth-order valence-corrected chi connectivity index (χ4v) is 1.20. The zero-order valence-electron chi connectivity index (χ0n) is 5.43. The highest BCUT2D eigenvalue weighted by Gasteiger charge is 2.08. The number of aliphatic hydroxyl groups is 2. The van der Waals surface area contributed by atoms with E-state index in [1.807, 2.05) is 0 Å². The lowest BCUT2D eigenvalue weighted by atomic mass is 9.96. The molecule has 0 radical (unpaired) electrons. The van der Waals surface area contributed by atoms with Crippen LogP contribution in [0.4, 0.5) is 0 Å². The van der Waals surface area contributed by atoms with E-state index in [0.29, 0.717) is 0 Å². The van der Waals surface area contributed by atoms with E-state index in [2.05, 4.69) is 0 Å². The Hall–Kier alpha value is -0.660. The van der Waals surface area contributed by atoms with Crippen LogP contribution in [0.3, 0.4) is 0 Å². The van der Waals surface area contributed by atoms with Crippen LogP contribution in [0.5, 0.6) is 0 Å². The van der Waals surface area contributed by atoms with Gasteiger partial charge in [-0.25, -0.2) is 0 Å². The average molecular weight is 128 g/mol. The number of allylic oxidation sites excluding steroid dienone is 1. The van der Waals surface area contributed by atoms with Gasteiger partial charge in [0.2, 0.25) is 0 Å². The second kappa shape index (κ2) is 2.76. The predicted molar refractivity (Wildman–Crippen MR) is 35.4 cm³/mol. The summed E-state index contributed by atoms with van der Waals surface area (Å²) >= 11 is 0. The smallest absolute Gasteiger partial charge is 0.273 e. The molecule has 1 saturated carbocycles. The van der Waals surface area contributed by atoms with E-state index in [-0.39, 0.29) is 0 Å². The number of aliphatic hydroxyl groups excluding tert-OH is 1. The quantitative estimate of drug-likeness (QED) is 0.491. The first kappa shape index (κ1) is 6.46. The minimum Gasteiger partial charge on any atom is -0.481 e. The minimum absolute atomic E-state index is 0.435. The van der Waals surface area contributed by atoms with Crippen molar-refractivity contribution in [3.8, 4) is 0 Å². The molecule has 0 aromatic rings. The summed E-state index contributed by atoms with van der Waals surface area (Å²) in [5, 5.41) is 17.2. The fourth-order valence-electron chi connectivity index (χ4n) is 1.20. The maximum Gasteiger partial charge on any atom is 0.273 e. The Morgan fingerprint density at radius 3 is 1.89 bits per heavy atom. The minimum atomic E-state index is -0.435. The first-order chi connectivity index (χ1) is 4.30. The third-order valence-corrected chi connectivity index (χ3v) is 1.77. The topological polar surface area (TPSA) is 40.5 Å². The second-order valence-electron chi connectivity index (χ2n) is 2.49. The number of rotatable bonds is 0. The van der Waals surface area contributed by atoms with Crippen molar-refractivity contribution in [3.63, 3.8) is 0 Å². The van der Waals surface area contributed by atoms with Crippen molar-refractivity contribution >= 4 is 0 Å². The largest absolute Gasteiger partial charge is 0.481 e. The van der Waals surface area contributed by atoms with Gasteiger partial charge in [-0.2, -0.15) is 0 Å². The second-order valence-corrected chi connectivity index (χ2v) is 2.49. The molecule has 0 amide bonds. The van der Waals surface area contributed by atoms with Crippen LogP contribution in [0.2, 0.25) is 0 Å². The SMILES string of the molecule is OC(O)=C1CCCCC1. The summed E-state index contributed by atoms with van der Waals surface area (Å²) < 4.78 is 0. The summed E-state index contributed by atoms with van der Waals surface area (Å²) in [4.78, 5) is 0. The van der Waals surface area contributed by atoms with Crippen molar-refractivity contribution in [1.29, 1.82) is 0 Å². The van der Waals surface area contributed by atoms with Gasteiger partial charge in [0.15, 0.2) is 0 Å². The number of hydrogen-bond donors (Lipinski definition) is 2. The van der Waals surface area contributed by atoms with E-state index in [1.165, 1.54) is 6.42 Å². The van der Waals surface area contributed by atoms with Crippen LogP contribution in [-0.4, -0.2) is 10.2 Å². The highest BCUT2D eigenvalue weighted by atomic mass is 16.5. The zero-order chi connectivity index (χ0) is 6.69. The molecule has 0 aliphatic heterocycles. The first-order valence-electron chi connectivity index (χ1n) is 3.40. The summed E-state index contributed by atoms with van der Waals surface area (Å²) in [6, 6.07) is 0. The van der Waals surface area contributed by atoms with Gasteiger partial charge in [-0.05, 0) is 25.7 Å². The Labute approximate surface area is 54.8 Å². The summed E-state index contributed by atoms with van der Waals surface area (Å²) in [5.74, 6) is -0.435. The lowest BCUT2D eigenvalue weighted by molar-refractivity contribution is 0.179. The van der Waals surface area contributed by atoms with Gasteiger partial charge in [-0.15, -0.1) is 0 Å². The Kier molecular flexibility index (Phi) is 1.98. The summed E-state index contributed by atoms with van der Waals surface area (Å²) in [6.45, 7) is 0. The first-order valence-corrected chi connectivity index (χ1v) is 3.40. The molecule has 0 bridgehead atoms. The molecular weight excluding hydrogens is 116 g/mol. The zero-order valence-corrected chi connectivity index (χ0v) is 5.43. The van der Waals surface area contributed by atoms with Crippen LogP contribution in [-0.2, 0) is 0 Å². The molecule has 0 atom stereocenters. The van der Waals surface area contributed by atoms with Crippen LogP contribution in [0.25, 0.3) is 0 Å². The van der Waals surface area contributed by atoms with Gasteiger partial charge in [0.25, 0.3) is 5.95 Å². The molecule has 0 spiro atoms. The Morgan fingerprint density at radius 1 is 1.00 bits per heavy atom. The molecule has 0 aromatic carbocycles. The molecule has 2 heteroatoms. The molecule has 1 aliphatic carbocycles. The number of hydrogen-bond acceptors (Lipinski definition) is 2. The van der Waals surface area contributed by atoms with Crippen LogP contribution in [0.15, 0.2) is 11.5 Å². The van der Waals surface area contributed by atoms with Crippen molar-refractivity contribution in [1.82, 2.24) is 0 Å². The van der Waals surface area contributed by atoms with Crippen molar-refractivity contribution in [3.05, 3.63) is 11.5 Å². The van der Waals surface area contributed by atoms with Gasteiger partial charge in [-0.1, -0.05) is 6.42 Å². The van der Waals surface area contributed by atoms with Gasteiger partial charge in [0.05, 0.1) is 0 Å². The fraction of sp³-hybridized carbons (Fsp3) is 0.714. The van der Waals surface area contributed by atoms with Gasteiger partial charge < -0.3 is 10.2 Å². The van der Waals surface area contributed by atoms with Crippen molar-refractivity contribution in [2.75, 3.05) is 0 Å². The normalized spacial score (nSPS) is 19.8. The van der Waals surface area contributed by atoms with E-state index in [0.717, 1.165) is 31.3 Å². The van der Waals surface area contributed by atoms with E-state index in [4.69, 9.17) is 10.2 Å². The van der Waals surface area contributed by atoms with Gasteiger partial charge in [0, 0.05) is 5.57 Å². The van der Waals surface area contributed by atoms with E-state index in [1.54, 1.807) is 0 Å². The molecular formula is C7H12O2. The molecule has 0 heterocycles.